The minimum absolute atomic E-state index is 0.352. The van der Waals surface area contributed by atoms with Crippen molar-refractivity contribution < 1.29 is 43.7 Å². The van der Waals surface area contributed by atoms with E-state index < -0.39 is 45.1 Å². The molecule has 1 aliphatic rings. The van der Waals surface area contributed by atoms with Crippen LogP contribution >= 0.6 is 7.82 Å². The smallest absolute Gasteiger partial charge is 0.462 e. The molecule has 2 rings (SSSR count). The van der Waals surface area contributed by atoms with Gasteiger partial charge in [0.2, 0.25) is 6.29 Å². The minimum atomic E-state index is -4.76. The van der Waals surface area contributed by atoms with Crippen LogP contribution in [0.3, 0.4) is 0 Å². The normalized spacial score (nSPS) is 32.7. The third-order valence-corrected chi connectivity index (χ3v) is 3.56. The molecule has 1 heterocycles. The number of aliphatic hydroxyl groups excluding tert-OH is 3. The van der Waals surface area contributed by atoms with Crippen molar-refractivity contribution in [3.63, 3.8) is 0 Å². The summed E-state index contributed by atoms with van der Waals surface area (Å²) in [5, 5.41) is 29.4. The van der Waals surface area contributed by atoms with Gasteiger partial charge >= 0.3 is 7.82 Å². The summed E-state index contributed by atoms with van der Waals surface area (Å²) in [6.45, 7) is -0.677. The summed E-state index contributed by atoms with van der Waals surface area (Å²) < 4.78 is 25.5. The molecule has 5 N–H and O–H groups in total. The van der Waals surface area contributed by atoms with Gasteiger partial charge in [0.15, 0.2) is 0 Å². The molecule has 0 aromatic heterocycles. The third kappa shape index (κ3) is 4.48. The highest BCUT2D eigenvalue weighted by Crippen LogP contribution is 2.37. The molecule has 0 amide bonds. The summed E-state index contributed by atoms with van der Waals surface area (Å²) >= 11 is 0. The summed E-state index contributed by atoms with van der Waals surface area (Å²) in [7, 11) is -4.76. The van der Waals surface area contributed by atoms with Gasteiger partial charge in [0.1, 0.15) is 30.2 Å². The highest BCUT2D eigenvalue weighted by atomic mass is 31.2. The minimum Gasteiger partial charge on any atom is -0.462 e. The molecule has 0 spiro atoms. The van der Waals surface area contributed by atoms with E-state index in [-0.39, 0.29) is 0 Å². The number of ether oxygens (including phenoxy) is 2. The van der Waals surface area contributed by atoms with E-state index in [2.05, 4.69) is 4.52 Å². The van der Waals surface area contributed by atoms with Crippen LogP contribution in [-0.2, 0) is 13.8 Å². The average molecular weight is 336 g/mol. The van der Waals surface area contributed by atoms with Crippen molar-refractivity contribution in [1.29, 1.82) is 0 Å². The van der Waals surface area contributed by atoms with Crippen LogP contribution in [0.5, 0.6) is 5.75 Å². The SMILES string of the molecule is O=P(O)(O)OC[C@H]1O[C@@H](Oc2ccccc2)[C@H](O)[C@@H](O)[C@@H]1O. The molecule has 0 bridgehead atoms. The monoisotopic (exact) mass is 336 g/mol. The first-order chi connectivity index (χ1) is 10.3. The van der Waals surface area contributed by atoms with E-state index in [1.165, 1.54) is 0 Å². The molecule has 0 unspecified atom stereocenters. The number of aliphatic hydroxyl groups is 3. The van der Waals surface area contributed by atoms with E-state index in [0.29, 0.717) is 5.75 Å². The summed E-state index contributed by atoms with van der Waals surface area (Å²) in [6, 6.07) is 8.30. The standard InChI is InChI=1S/C12H17O9P/c13-9-8(6-19-22(16,17)18)21-12(11(15)10(9)14)20-7-4-2-1-3-5-7/h1-5,8-15H,6H2,(H2,16,17,18)/t8-,9-,10+,11-,12-/m1/s1. The number of benzene rings is 1. The zero-order chi connectivity index (χ0) is 16.3. The zero-order valence-corrected chi connectivity index (χ0v) is 12.2. The average Bonchev–Trinajstić information content (AvgIpc) is 2.47. The van der Waals surface area contributed by atoms with E-state index in [9.17, 15) is 19.9 Å². The number of para-hydroxylation sites is 1. The molecule has 0 aliphatic carbocycles. The summed E-state index contributed by atoms with van der Waals surface area (Å²) in [6.07, 6.45) is -7.35. The topological polar surface area (TPSA) is 146 Å². The Labute approximate surface area is 125 Å². The number of rotatable bonds is 5. The first kappa shape index (κ1) is 17.3. The molecule has 1 saturated heterocycles. The summed E-state index contributed by atoms with van der Waals surface area (Å²) in [4.78, 5) is 17.3. The molecule has 22 heavy (non-hydrogen) atoms. The van der Waals surface area contributed by atoms with E-state index in [1.54, 1.807) is 30.3 Å². The summed E-state index contributed by atoms with van der Waals surface area (Å²) in [5.41, 5.74) is 0. The summed E-state index contributed by atoms with van der Waals surface area (Å²) in [5.74, 6) is 0.352. The Morgan fingerprint density at radius 1 is 1.05 bits per heavy atom. The second kappa shape index (κ2) is 7.03. The molecule has 124 valence electrons. The molecule has 1 aromatic rings. The van der Waals surface area contributed by atoms with Crippen molar-refractivity contribution in [3.8, 4) is 5.75 Å². The second-order valence-corrected chi connectivity index (χ2v) is 5.97. The first-order valence-electron chi connectivity index (χ1n) is 6.39. The van der Waals surface area contributed by atoms with E-state index >= 15 is 0 Å². The van der Waals surface area contributed by atoms with Crippen molar-refractivity contribution in [3.05, 3.63) is 30.3 Å². The van der Waals surface area contributed by atoms with Gasteiger partial charge in [-0.3, -0.25) is 4.52 Å². The van der Waals surface area contributed by atoms with Crippen LogP contribution in [0, 0.1) is 0 Å². The van der Waals surface area contributed by atoms with E-state index in [1.807, 2.05) is 0 Å². The van der Waals surface area contributed by atoms with Crippen LogP contribution in [0.2, 0.25) is 0 Å². The lowest BCUT2D eigenvalue weighted by molar-refractivity contribution is -0.276. The van der Waals surface area contributed by atoms with Crippen LogP contribution in [0.1, 0.15) is 0 Å². The fourth-order valence-corrected chi connectivity index (χ4v) is 2.30. The highest BCUT2D eigenvalue weighted by Gasteiger charge is 2.45. The maximum atomic E-state index is 10.7. The zero-order valence-electron chi connectivity index (χ0n) is 11.3. The molecule has 0 radical (unpaired) electrons. The Balaban J connectivity index is 2.05. The van der Waals surface area contributed by atoms with Gasteiger partial charge in [0.25, 0.3) is 0 Å². The lowest BCUT2D eigenvalue weighted by Gasteiger charge is -2.40. The third-order valence-electron chi connectivity index (χ3n) is 3.07. The van der Waals surface area contributed by atoms with Crippen LogP contribution < -0.4 is 4.74 Å². The Morgan fingerprint density at radius 3 is 2.27 bits per heavy atom. The van der Waals surface area contributed by atoms with E-state index in [0.717, 1.165) is 0 Å². The van der Waals surface area contributed by atoms with E-state index in [4.69, 9.17) is 19.3 Å². The predicted molar refractivity (Wildman–Crippen MR) is 71.7 cm³/mol. The molecular weight excluding hydrogens is 319 g/mol. The Bertz CT molecular complexity index is 519. The lowest BCUT2D eigenvalue weighted by atomic mass is 9.99. The molecular formula is C12H17O9P. The van der Waals surface area contributed by atoms with Gasteiger partial charge in [-0.15, -0.1) is 0 Å². The fraction of sp³-hybridized carbons (Fsp3) is 0.500. The van der Waals surface area contributed by atoms with Crippen LogP contribution in [0.15, 0.2) is 30.3 Å². The van der Waals surface area contributed by atoms with Crippen molar-refractivity contribution in [2.45, 2.75) is 30.7 Å². The maximum absolute atomic E-state index is 10.7. The van der Waals surface area contributed by atoms with Crippen molar-refractivity contribution in [2.24, 2.45) is 0 Å². The molecule has 9 nitrogen and oxygen atoms in total. The Morgan fingerprint density at radius 2 is 1.68 bits per heavy atom. The van der Waals surface area contributed by atoms with Crippen LogP contribution in [0.25, 0.3) is 0 Å². The van der Waals surface area contributed by atoms with Gasteiger partial charge in [0.05, 0.1) is 6.61 Å². The number of hydrogen-bond donors (Lipinski definition) is 5. The number of hydrogen-bond acceptors (Lipinski definition) is 7. The molecule has 1 aliphatic heterocycles. The van der Waals surface area contributed by atoms with Gasteiger partial charge in [-0.1, -0.05) is 18.2 Å². The molecule has 10 heteroatoms. The Hall–Kier alpha value is -1.03. The Kier molecular flexibility index (Phi) is 5.54. The van der Waals surface area contributed by atoms with Gasteiger partial charge in [-0.25, -0.2) is 4.57 Å². The van der Waals surface area contributed by atoms with Crippen LogP contribution in [0.4, 0.5) is 0 Å². The highest BCUT2D eigenvalue weighted by molar-refractivity contribution is 7.46. The molecule has 0 saturated carbocycles. The number of phosphoric acid groups is 1. The van der Waals surface area contributed by atoms with Gasteiger partial charge in [0, 0.05) is 0 Å². The first-order valence-corrected chi connectivity index (χ1v) is 7.92. The van der Waals surface area contributed by atoms with Crippen molar-refractivity contribution in [2.75, 3.05) is 6.61 Å². The quantitative estimate of drug-likeness (QED) is 0.426. The van der Waals surface area contributed by atoms with Crippen molar-refractivity contribution >= 4 is 7.82 Å². The fourth-order valence-electron chi connectivity index (χ4n) is 1.96. The maximum Gasteiger partial charge on any atom is 0.469 e. The predicted octanol–water partition coefficient (Wildman–Crippen LogP) is -1.02. The van der Waals surface area contributed by atoms with Gasteiger partial charge in [-0.2, -0.15) is 0 Å². The van der Waals surface area contributed by atoms with Crippen LogP contribution in [-0.4, -0.2) is 62.4 Å². The number of phosphoric ester groups is 1. The molecule has 1 aromatic carbocycles. The van der Waals surface area contributed by atoms with Gasteiger partial charge < -0.3 is 34.6 Å². The molecule has 5 atom stereocenters. The largest absolute Gasteiger partial charge is 0.469 e. The molecule has 1 fully saturated rings. The van der Waals surface area contributed by atoms with Crippen molar-refractivity contribution in [1.82, 2.24) is 0 Å². The van der Waals surface area contributed by atoms with Gasteiger partial charge in [-0.05, 0) is 12.1 Å². The second-order valence-electron chi connectivity index (χ2n) is 4.73. The lowest BCUT2D eigenvalue weighted by Crippen LogP contribution is -2.60.